The normalized spacial score (nSPS) is 14.2. The number of benzene rings is 2. The van der Waals surface area contributed by atoms with Crippen LogP contribution >= 0.6 is 0 Å². The molecule has 152 valence electrons. The van der Waals surface area contributed by atoms with Crippen molar-refractivity contribution in [3.05, 3.63) is 82.5 Å². The maximum absolute atomic E-state index is 12.6. The fourth-order valence-corrected chi connectivity index (χ4v) is 3.59. The van der Waals surface area contributed by atoms with Crippen molar-refractivity contribution in [2.45, 2.75) is 19.3 Å². The van der Waals surface area contributed by atoms with Crippen LogP contribution in [0.2, 0.25) is 0 Å². The highest BCUT2D eigenvalue weighted by Gasteiger charge is 2.16. The highest BCUT2D eigenvalue weighted by Crippen LogP contribution is 2.28. The van der Waals surface area contributed by atoms with Gasteiger partial charge >= 0.3 is 0 Å². The smallest absolute Gasteiger partial charge is 0.270 e. The number of piperidine rings is 1. The van der Waals surface area contributed by atoms with Gasteiger partial charge in [-0.2, -0.15) is 5.10 Å². The van der Waals surface area contributed by atoms with Gasteiger partial charge in [0, 0.05) is 48.6 Å². The molecule has 1 aliphatic rings. The van der Waals surface area contributed by atoms with E-state index in [0.717, 1.165) is 43.6 Å². The molecule has 0 unspecified atom stereocenters. The van der Waals surface area contributed by atoms with Crippen molar-refractivity contribution in [3.63, 3.8) is 0 Å². The van der Waals surface area contributed by atoms with Gasteiger partial charge in [-0.25, -0.2) is 4.68 Å². The van der Waals surface area contributed by atoms with Crippen molar-refractivity contribution in [3.8, 4) is 16.9 Å². The number of nitro benzene ring substituents is 1. The van der Waals surface area contributed by atoms with Crippen LogP contribution < -0.4 is 0 Å². The van der Waals surface area contributed by atoms with Gasteiger partial charge in [0.2, 0.25) is 5.91 Å². The molecule has 0 radical (unpaired) electrons. The van der Waals surface area contributed by atoms with Crippen LogP contribution in [0.5, 0.6) is 0 Å². The Morgan fingerprint density at radius 3 is 2.53 bits per heavy atom. The molecule has 2 aromatic carbocycles. The van der Waals surface area contributed by atoms with Crippen LogP contribution in [-0.4, -0.2) is 38.6 Å². The Morgan fingerprint density at radius 2 is 1.80 bits per heavy atom. The number of amides is 1. The topological polar surface area (TPSA) is 81.3 Å². The maximum Gasteiger partial charge on any atom is 0.270 e. The van der Waals surface area contributed by atoms with Gasteiger partial charge in [0.1, 0.15) is 5.69 Å². The van der Waals surface area contributed by atoms with E-state index >= 15 is 0 Å². The van der Waals surface area contributed by atoms with Gasteiger partial charge in [-0.3, -0.25) is 14.9 Å². The summed E-state index contributed by atoms with van der Waals surface area (Å²) in [4.78, 5) is 25.2. The van der Waals surface area contributed by atoms with Gasteiger partial charge in [0.15, 0.2) is 0 Å². The lowest BCUT2D eigenvalue weighted by Gasteiger charge is -2.25. The van der Waals surface area contributed by atoms with Gasteiger partial charge in [-0.1, -0.05) is 30.3 Å². The third-order valence-corrected chi connectivity index (χ3v) is 5.17. The second kappa shape index (κ2) is 8.73. The fourth-order valence-electron chi connectivity index (χ4n) is 3.59. The Bertz CT molecular complexity index is 1080. The van der Waals surface area contributed by atoms with Crippen molar-refractivity contribution in [1.82, 2.24) is 14.7 Å². The summed E-state index contributed by atoms with van der Waals surface area (Å²) in [5.74, 6) is -0.0212. The highest BCUT2D eigenvalue weighted by molar-refractivity contribution is 5.93. The summed E-state index contributed by atoms with van der Waals surface area (Å²) in [5.41, 5.74) is 2.81. The molecule has 0 spiro atoms. The standard InChI is InChI=1S/C23H22N4O3/c28-22(25-14-5-2-6-15-25)13-12-19-17-26(20-9-3-1-4-10-20)24-23(19)18-8-7-11-21(16-18)27(29)30/h1,3-4,7-13,16-17H,2,5-6,14-15H2/b13-12+. The minimum Gasteiger partial charge on any atom is -0.339 e. The van der Waals surface area contributed by atoms with Crippen LogP contribution in [0.3, 0.4) is 0 Å². The van der Waals surface area contributed by atoms with E-state index in [1.165, 1.54) is 12.1 Å². The lowest BCUT2D eigenvalue weighted by Crippen LogP contribution is -2.34. The summed E-state index contributed by atoms with van der Waals surface area (Å²) in [5, 5.41) is 15.9. The minimum absolute atomic E-state index is 0.00100. The number of carbonyl (C=O) groups is 1. The van der Waals surface area contributed by atoms with E-state index in [9.17, 15) is 14.9 Å². The molecule has 1 fully saturated rings. The molecule has 0 saturated carbocycles. The number of hydrogen-bond acceptors (Lipinski definition) is 4. The third-order valence-electron chi connectivity index (χ3n) is 5.17. The van der Waals surface area contributed by atoms with Crippen LogP contribution in [0, 0.1) is 10.1 Å². The number of carbonyl (C=O) groups excluding carboxylic acids is 1. The molecule has 1 aromatic heterocycles. The molecule has 30 heavy (non-hydrogen) atoms. The Kier molecular flexibility index (Phi) is 5.70. The zero-order chi connectivity index (χ0) is 20.9. The average Bonchev–Trinajstić information content (AvgIpc) is 3.23. The van der Waals surface area contributed by atoms with Crippen LogP contribution in [0.15, 0.2) is 66.9 Å². The average molecular weight is 402 g/mol. The quantitative estimate of drug-likeness (QED) is 0.358. The van der Waals surface area contributed by atoms with Gasteiger partial charge < -0.3 is 4.90 Å². The number of rotatable bonds is 5. The minimum atomic E-state index is -0.424. The molecule has 7 nitrogen and oxygen atoms in total. The van der Waals surface area contributed by atoms with Crippen molar-refractivity contribution in [2.24, 2.45) is 0 Å². The van der Waals surface area contributed by atoms with E-state index in [1.54, 1.807) is 29.0 Å². The third kappa shape index (κ3) is 4.30. The van der Waals surface area contributed by atoms with Crippen LogP contribution in [-0.2, 0) is 4.79 Å². The van der Waals surface area contributed by atoms with E-state index in [-0.39, 0.29) is 11.6 Å². The summed E-state index contributed by atoms with van der Waals surface area (Å²) in [6.07, 6.45) is 8.38. The molecule has 0 aliphatic carbocycles. The molecule has 3 aromatic rings. The Hall–Kier alpha value is -3.74. The van der Waals surface area contributed by atoms with E-state index in [2.05, 4.69) is 5.10 Å². The molecule has 2 heterocycles. The molecule has 0 bridgehead atoms. The van der Waals surface area contributed by atoms with E-state index in [4.69, 9.17) is 0 Å². The molecular formula is C23H22N4O3. The summed E-state index contributed by atoms with van der Waals surface area (Å²) in [6, 6.07) is 16.0. The first-order valence-electron chi connectivity index (χ1n) is 9.99. The van der Waals surface area contributed by atoms with Gasteiger partial charge in [0.25, 0.3) is 5.69 Å². The number of nitrogens with zero attached hydrogens (tertiary/aromatic N) is 4. The highest BCUT2D eigenvalue weighted by atomic mass is 16.6. The molecule has 4 rings (SSSR count). The molecule has 1 saturated heterocycles. The number of hydrogen-bond donors (Lipinski definition) is 0. The van der Waals surface area contributed by atoms with Gasteiger partial charge in [-0.15, -0.1) is 0 Å². The monoisotopic (exact) mass is 402 g/mol. The fraction of sp³-hybridized carbons (Fsp3) is 0.217. The van der Waals surface area contributed by atoms with Crippen LogP contribution in [0.1, 0.15) is 24.8 Å². The summed E-state index contributed by atoms with van der Waals surface area (Å²) < 4.78 is 1.72. The zero-order valence-electron chi connectivity index (χ0n) is 16.5. The van der Waals surface area contributed by atoms with Crippen molar-refractivity contribution in [2.75, 3.05) is 13.1 Å². The Balaban J connectivity index is 1.71. The first-order chi connectivity index (χ1) is 14.6. The lowest BCUT2D eigenvalue weighted by atomic mass is 10.1. The molecular weight excluding hydrogens is 380 g/mol. The second-order valence-electron chi connectivity index (χ2n) is 7.24. The van der Waals surface area contributed by atoms with E-state index in [1.807, 2.05) is 41.4 Å². The lowest BCUT2D eigenvalue weighted by molar-refractivity contribution is -0.384. The van der Waals surface area contributed by atoms with Crippen LogP contribution in [0.4, 0.5) is 5.69 Å². The van der Waals surface area contributed by atoms with Crippen LogP contribution in [0.25, 0.3) is 23.0 Å². The van der Waals surface area contributed by atoms with Crippen molar-refractivity contribution in [1.29, 1.82) is 0 Å². The number of aromatic nitrogens is 2. The van der Waals surface area contributed by atoms with Gasteiger partial charge in [-0.05, 0) is 37.5 Å². The number of likely N-dealkylation sites (tertiary alicyclic amines) is 1. The predicted octanol–water partition coefficient (Wildman–Crippen LogP) is 4.47. The largest absolute Gasteiger partial charge is 0.339 e. The van der Waals surface area contributed by atoms with Crippen molar-refractivity contribution >= 4 is 17.7 Å². The van der Waals surface area contributed by atoms with E-state index < -0.39 is 4.92 Å². The Labute approximate surface area is 174 Å². The summed E-state index contributed by atoms with van der Waals surface area (Å²) in [7, 11) is 0. The predicted molar refractivity (Wildman–Crippen MR) is 115 cm³/mol. The SMILES string of the molecule is O=C(/C=C/c1cn(-c2ccccc2)nc1-c1cccc([N+](=O)[O-])c1)N1CCCCC1. The summed E-state index contributed by atoms with van der Waals surface area (Å²) in [6.45, 7) is 1.56. The first-order valence-corrected chi connectivity index (χ1v) is 9.99. The first kappa shape index (κ1) is 19.6. The number of non-ortho nitro benzene ring substituents is 1. The second-order valence-corrected chi connectivity index (χ2v) is 7.24. The zero-order valence-corrected chi connectivity index (χ0v) is 16.5. The number of para-hydroxylation sites is 1. The molecule has 0 N–H and O–H groups in total. The molecule has 7 heteroatoms. The van der Waals surface area contributed by atoms with E-state index in [0.29, 0.717) is 11.3 Å². The van der Waals surface area contributed by atoms with Gasteiger partial charge in [0.05, 0.1) is 10.6 Å². The molecule has 1 amide bonds. The summed E-state index contributed by atoms with van der Waals surface area (Å²) >= 11 is 0. The molecule has 1 aliphatic heterocycles. The molecule has 0 atom stereocenters. The Morgan fingerprint density at radius 1 is 1.03 bits per heavy atom. The number of nitro groups is 1. The van der Waals surface area contributed by atoms with Crippen molar-refractivity contribution < 1.29 is 9.72 Å². The maximum atomic E-state index is 12.6.